The lowest BCUT2D eigenvalue weighted by Crippen LogP contribution is -2.49. The molecule has 0 aromatic heterocycles. The molecule has 0 saturated carbocycles. The third kappa shape index (κ3) is 6.55. The minimum absolute atomic E-state index is 0.0815. The molecule has 5 heteroatoms. The number of hydrogen-bond donors (Lipinski definition) is 1. The number of methoxy groups -OCH3 is 1. The summed E-state index contributed by atoms with van der Waals surface area (Å²) in [4.78, 5) is 17.6. The van der Waals surface area contributed by atoms with Gasteiger partial charge in [0, 0.05) is 18.7 Å². The number of nitrogens with zero attached hydrogens (tertiary/aromatic N) is 2. The molecule has 2 unspecified atom stereocenters. The highest BCUT2D eigenvalue weighted by atomic mass is 16.5. The minimum Gasteiger partial charge on any atom is -0.496 e. The fourth-order valence-electron chi connectivity index (χ4n) is 4.52. The smallest absolute Gasteiger partial charge is 0.237 e. The van der Waals surface area contributed by atoms with Crippen molar-refractivity contribution in [2.24, 2.45) is 5.92 Å². The van der Waals surface area contributed by atoms with Crippen molar-refractivity contribution in [3.05, 3.63) is 65.7 Å². The van der Waals surface area contributed by atoms with E-state index in [9.17, 15) is 4.79 Å². The zero-order valence-electron chi connectivity index (χ0n) is 19.4. The lowest BCUT2D eigenvalue weighted by molar-refractivity contribution is -0.127. The van der Waals surface area contributed by atoms with Gasteiger partial charge in [-0.3, -0.25) is 9.69 Å². The van der Waals surface area contributed by atoms with Crippen molar-refractivity contribution in [3.8, 4) is 5.75 Å². The van der Waals surface area contributed by atoms with Gasteiger partial charge >= 0.3 is 0 Å². The number of rotatable bonds is 9. The molecule has 1 saturated heterocycles. The van der Waals surface area contributed by atoms with Crippen LogP contribution in [0.25, 0.3) is 0 Å². The number of para-hydroxylation sites is 1. The lowest BCUT2D eigenvalue weighted by atomic mass is 9.95. The molecular formula is C26H37N3O2. The highest BCUT2D eigenvalue weighted by Gasteiger charge is 2.28. The van der Waals surface area contributed by atoms with E-state index < -0.39 is 0 Å². The molecule has 0 spiro atoms. The van der Waals surface area contributed by atoms with E-state index in [-0.39, 0.29) is 18.0 Å². The average molecular weight is 424 g/mol. The van der Waals surface area contributed by atoms with E-state index in [4.69, 9.17) is 4.74 Å². The molecule has 5 nitrogen and oxygen atoms in total. The van der Waals surface area contributed by atoms with Crippen LogP contribution in [0.2, 0.25) is 0 Å². The topological polar surface area (TPSA) is 44.8 Å². The average Bonchev–Trinajstić information content (AvgIpc) is 2.79. The van der Waals surface area contributed by atoms with Crippen LogP contribution in [-0.2, 0) is 11.3 Å². The van der Waals surface area contributed by atoms with E-state index in [1.54, 1.807) is 7.11 Å². The summed E-state index contributed by atoms with van der Waals surface area (Å²) < 4.78 is 5.44. The van der Waals surface area contributed by atoms with Crippen LogP contribution in [0.3, 0.4) is 0 Å². The highest BCUT2D eigenvalue weighted by molar-refractivity contribution is 5.81. The Bertz CT molecular complexity index is 818. The first-order chi connectivity index (χ1) is 15.0. The van der Waals surface area contributed by atoms with E-state index in [2.05, 4.69) is 52.5 Å². The Morgan fingerprint density at radius 2 is 1.74 bits per heavy atom. The number of piperidine rings is 1. The van der Waals surface area contributed by atoms with Crippen molar-refractivity contribution < 1.29 is 9.53 Å². The number of nitrogens with one attached hydrogen (secondary N) is 1. The fraction of sp³-hybridized carbons (Fsp3) is 0.500. The maximum atomic E-state index is 12.9. The number of carbonyl (C=O) groups is 1. The van der Waals surface area contributed by atoms with E-state index in [1.807, 2.05) is 38.1 Å². The van der Waals surface area contributed by atoms with Crippen LogP contribution in [0.15, 0.2) is 54.6 Å². The first kappa shape index (κ1) is 23.3. The Kier molecular flexibility index (Phi) is 8.50. The number of benzene rings is 2. The van der Waals surface area contributed by atoms with Gasteiger partial charge < -0.3 is 15.0 Å². The summed E-state index contributed by atoms with van der Waals surface area (Å²) in [6, 6.07) is 18.3. The maximum absolute atomic E-state index is 12.9. The van der Waals surface area contributed by atoms with E-state index in [0.29, 0.717) is 5.92 Å². The Morgan fingerprint density at radius 3 is 2.42 bits per heavy atom. The molecule has 31 heavy (non-hydrogen) atoms. The second-order valence-corrected chi connectivity index (χ2v) is 8.81. The Hall–Kier alpha value is -2.37. The molecule has 1 fully saturated rings. The predicted octanol–water partition coefficient (Wildman–Crippen LogP) is 4.10. The van der Waals surface area contributed by atoms with Gasteiger partial charge in [0.1, 0.15) is 5.75 Å². The predicted molar refractivity (Wildman–Crippen MR) is 126 cm³/mol. The zero-order valence-corrected chi connectivity index (χ0v) is 19.4. The monoisotopic (exact) mass is 423 g/mol. The Balaban J connectivity index is 1.45. The molecular weight excluding hydrogens is 386 g/mol. The summed E-state index contributed by atoms with van der Waals surface area (Å²) in [6.07, 6.45) is 2.28. The molecule has 2 atom stereocenters. The summed E-state index contributed by atoms with van der Waals surface area (Å²) in [5, 5.41) is 3.17. The van der Waals surface area contributed by atoms with Crippen molar-refractivity contribution in [1.82, 2.24) is 15.1 Å². The van der Waals surface area contributed by atoms with Gasteiger partial charge in [0.2, 0.25) is 5.91 Å². The minimum atomic E-state index is -0.125. The highest BCUT2D eigenvalue weighted by Crippen LogP contribution is 2.25. The molecule has 2 aromatic rings. The number of ether oxygens (including phenoxy) is 1. The van der Waals surface area contributed by atoms with Crippen molar-refractivity contribution in [2.75, 3.05) is 33.8 Å². The summed E-state index contributed by atoms with van der Waals surface area (Å²) in [5.41, 5.74) is 2.36. The van der Waals surface area contributed by atoms with Gasteiger partial charge in [0.05, 0.1) is 19.2 Å². The third-order valence-corrected chi connectivity index (χ3v) is 6.41. The molecule has 3 rings (SSSR count). The quantitative estimate of drug-likeness (QED) is 0.659. The Labute approximate surface area is 187 Å². The van der Waals surface area contributed by atoms with Gasteiger partial charge in [-0.1, -0.05) is 48.5 Å². The van der Waals surface area contributed by atoms with Crippen LogP contribution in [0.1, 0.15) is 43.9 Å². The molecule has 168 valence electrons. The number of hydrogen-bond acceptors (Lipinski definition) is 4. The Morgan fingerprint density at radius 1 is 1.10 bits per heavy atom. The van der Waals surface area contributed by atoms with E-state index >= 15 is 0 Å². The molecule has 1 aliphatic heterocycles. The van der Waals surface area contributed by atoms with Gasteiger partial charge in [-0.2, -0.15) is 0 Å². The van der Waals surface area contributed by atoms with E-state index in [1.165, 1.54) is 5.56 Å². The fourth-order valence-corrected chi connectivity index (χ4v) is 4.52. The molecule has 1 heterocycles. The van der Waals surface area contributed by atoms with Gasteiger partial charge in [-0.25, -0.2) is 0 Å². The largest absolute Gasteiger partial charge is 0.496 e. The summed E-state index contributed by atoms with van der Waals surface area (Å²) in [5.74, 6) is 1.58. The maximum Gasteiger partial charge on any atom is 0.237 e. The molecule has 1 aliphatic rings. The first-order valence-corrected chi connectivity index (χ1v) is 11.4. The second-order valence-electron chi connectivity index (χ2n) is 8.81. The molecule has 1 N–H and O–H groups in total. The van der Waals surface area contributed by atoms with Crippen LogP contribution < -0.4 is 10.1 Å². The van der Waals surface area contributed by atoms with Crippen LogP contribution in [0.5, 0.6) is 5.75 Å². The van der Waals surface area contributed by atoms with Crippen molar-refractivity contribution in [1.29, 1.82) is 0 Å². The van der Waals surface area contributed by atoms with Crippen LogP contribution in [0, 0.1) is 5.92 Å². The third-order valence-electron chi connectivity index (χ3n) is 6.41. The van der Waals surface area contributed by atoms with Crippen molar-refractivity contribution in [2.45, 2.75) is 45.3 Å². The lowest BCUT2D eigenvalue weighted by Gasteiger charge is -2.37. The number of carbonyl (C=O) groups excluding carboxylic acids is 1. The van der Waals surface area contributed by atoms with E-state index in [0.717, 1.165) is 50.3 Å². The van der Waals surface area contributed by atoms with Gasteiger partial charge in [-0.05, 0) is 64.4 Å². The molecule has 2 aromatic carbocycles. The zero-order chi connectivity index (χ0) is 22.2. The van der Waals surface area contributed by atoms with Crippen LogP contribution in [0.4, 0.5) is 0 Å². The first-order valence-electron chi connectivity index (χ1n) is 11.4. The van der Waals surface area contributed by atoms with Gasteiger partial charge in [-0.15, -0.1) is 0 Å². The molecule has 0 bridgehead atoms. The standard InChI is InChI=1S/C26H37N3O2/c1-20(24-12-8-9-13-25(24)31-4)27-26(30)21(2)29-16-14-23(15-17-29)19-28(3)18-22-10-6-5-7-11-22/h5-13,20-21,23H,14-19H2,1-4H3,(H,27,30). The molecule has 0 radical (unpaired) electrons. The van der Waals surface area contributed by atoms with Crippen LogP contribution >= 0.6 is 0 Å². The normalized spacial score (nSPS) is 17.3. The number of amides is 1. The second kappa shape index (κ2) is 11.3. The molecule has 0 aliphatic carbocycles. The van der Waals surface area contributed by atoms with Gasteiger partial charge in [0.15, 0.2) is 0 Å². The van der Waals surface area contributed by atoms with Crippen LogP contribution in [-0.4, -0.2) is 55.5 Å². The number of likely N-dealkylation sites (tertiary alicyclic amines) is 1. The summed E-state index contributed by atoms with van der Waals surface area (Å²) in [7, 11) is 3.87. The summed E-state index contributed by atoms with van der Waals surface area (Å²) >= 11 is 0. The summed E-state index contributed by atoms with van der Waals surface area (Å²) in [6.45, 7) is 8.07. The molecule has 1 amide bonds. The van der Waals surface area contributed by atoms with Crippen molar-refractivity contribution in [3.63, 3.8) is 0 Å². The SMILES string of the molecule is COc1ccccc1C(C)NC(=O)C(C)N1CCC(CN(C)Cc2ccccc2)CC1. The van der Waals surface area contributed by atoms with Gasteiger partial charge in [0.25, 0.3) is 0 Å². The van der Waals surface area contributed by atoms with Crippen molar-refractivity contribution >= 4 is 5.91 Å².